The van der Waals surface area contributed by atoms with Crippen LogP contribution in [0.5, 0.6) is 0 Å². The Morgan fingerprint density at radius 1 is 1.42 bits per heavy atom. The monoisotopic (exact) mass is 377 g/mol. The van der Waals surface area contributed by atoms with Gasteiger partial charge in [-0.25, -0.2) is 18.7 Å². The van der Waals surface area contributed by atoms with Crippen molar-refractivity contribution in [2.24, 2.45) is 5.92 Å². The molecule has 4 rings (SSSR count). The molecule has 1 amide bonds. The Labute approximate surface area is 150 Å². The van der Waals surface area contributed by atoms with Crippen molar-refractivity contribution >= 4 is 28.6 Å². The van der Waals surface area contributed by atoms with E-state index < -0.39 is 23.5 Å². The van der Waals surface area contributed by atoms with Crippen LogP contribution in [0.15, 0.2) is 29.2 Å². The van der Waals surface area contributed by atoms with E-state index in [4.69, 9.17) is 11.6 Å². The van der Waals surface area contributed by atoms with Gasteiger partial charge in [-0.1, -0.05) is 11.6 Å². The van der Waals surface area contributed by atoms with Crippen LogP contribution in [0.3, 0.4) is 0 Å². The molecule has 1 unspecified atom stereocenters. The lowest BCUT2D eigenvalue weighted by molar-refractivity contribution is 0.187. The van der Waals surface area contributed by atoms with E-state index in [2.05, 4.69) is 20.5 Å². The molecule has 26 heavy (non-hydrogen) atoms. The van der Waals surface area contributed by atoms with Crippen molar-refractivity contribution in [2.45, 2.75) is 18.9 Å². The van der Waals surface area contributed by atoms with E-state index in [1.54, 1.807) is 0 Å². The zero-order valence-corrected chi connectivity index (χ0v) is 14.0. The molecule has 3 N–H and O–H groups in total. The third-order valence-corrected chi connectivity index (χ3v) is 4.64. The molecule has 0 saturated heterocycles. The number of H-pyrrole nitrogens is 1. The first-order chi connectivity index (χ1) is 12.5. The molecular formula is C16H13ClFN5O3. The van der Waals surface area contributed by atoms with Crippen molar-refractivity contribution in [1.29, 1.82) is 0 Å². The SMILES string of the molecule is O=C(O)NC(c1nc2c(F)ccc(Cl)c2c(=O)n1-c1ccn[nH]1)C1CC1. The van der Waals surface area contributed by atoms with Crippen LogP contribution in [0, 0.1) is 11.7 Å². The maximum atomic E-state index is 14.3. The van der Waals surface area contributed by atoms with E-state index in [9.17, 15) is 19.1 Å². The zero-order valence-electron chi connectivity index (χ0n) is 13.2. The normalized spacial score (nSPS) is 15.2. The number of rotatable bonds is 4. The van der Waals surface area contributed by atoms with E-state index >= 15 is 0 Å². The number of amides is 1. The van der Waals surface area contributed by atoms with Crippen LogP contribution in [-0.4, -0.2) is 30.9 Å². The second-order valence-electron chi connectivity index (χ2n) is 6.07. The minimum atomic E-state index is -1.25. The van der Waals surface area contributed by atoms with Crippen molar-refractivity contribution in [2.75, 3.05) is 0 Å². The summed E-state index contributed by atoms with van der Waals surface area (Å²) in [6.07, 6.45) is 1.75. The van der Waals surface area contributed by atoms with Crippen LogP contribution in [-0.2, 0) is 0 Å². The molecule has 1 fully saturated rings. The van der Waals surface area contributed by atoms with E-state index in [0.29, 0.717) is 0 Å². The van der Waals surface area contributed by atoms with Gasteiger partial charge in [0.15, 0.2) is 0 Å². The molecule has 0 radical (unpaired) electrons. The smallest absolute Gasteiger partial charge is 0.405 e. The van der Waals surface area contributed by atoms with Gasteiger partial charge >= 0.3 is 6.09 Å². The van der Waals surface area contributed by atoms with E-state index in [-0.39, 0.29) is 33.5 Å². The molecular weight excluding hydrogens is 365 g/mol. The Bertz CT molecular complexity index is 1060. The first-order valence-electron chi connectivity index (χ1n) is 7.87. The second kappa shape index (κ2) is 6.10. The fourth-order valence-corrected chi connectivity index (χ4v) is 3.24. The predicted octanol–water partition coefficient (Wildman–Crippen LogP) is 2.62. The number of carbonyl (C=O) groups is 1. The van der Waals surface area contributed by atoms with Crippen molar-refractivity contribution < 1.29 is 14.3 Å². The molecule has 0 bridgehead atoms. The zero-order chi connectivity index (χ0) is 18.4. The molecule has 0 aliphatic heterocycles. The average Bonchev–Trinajstić information content (AvgIpc) is 3.30. The Balaban J connectivity index is 2.07. The maximum absolute atomic E-state index is 14.3. The van der Waals surface area contributed by atoms with Crippen LogP contribution in [0.4, 0.5) is 9.18 Å². The number of fused-ring (bicyclic) bond motifs is 1. The largest absolute Gasteiger partial charge is 0.465 e. The molecule has 2 heterocycles. The fourth-order valence-electron chi connectivity index (χ4n) is 3.00. The Kier molecular flexibility index (Phi) is 3.87. The predicted molar refractivity (Wildman–Crippen MR) is 91.1 cm³/mol. The number of hydrogen-bond donors (Lipinski definition) is 3. The summed E-state index contributed by atoms with van der Waals surface area (Å²) in [6, 6.07) is 3.19. The average molecular weight is 378 g/mol. The number of aromatic amines is 1. The fraction of sp³-hybridized carbons (Fsp3) is 0.250. The molecule has 1 atom stereocenters. The minimum absolute atomic E-state index is 0.0214. The van der Waals surface area contributed by atoms with Crippen LogP contribution in [0.25, 0.3) is 16.7 Å². The molecule has 3 aromatic rings. The molecule has 8 nitrogen and oxygen atoms in total. The third kappa shape index (κ3) is 2.70. The Morgan fingerprint density at radius 2 is 2.19 bits per heavy atom. The summed E-state index contributed by atoms with van der Waals surface area (Å²) in [4.78, 5) is 28.6. The number of nitrogens with zero attached hydrogens (tertiary/aromatic N) is 3. The van der Waals surface area contributed by atoms with Gasteiger partial charge in [0.1, 0.15) is 23.0 Å². The lowest BCUT2D eigenvalue weighted by Gasteiger charge is -2.20. The number of hydrogen-bond acceptors (Lipinski definition) is 4. The van der Waals surface area contributed by atoms with Crippen LogP contribution >= 0.6 is 11.6 Å². The molecule has 1 saturated carbocycles. The summed E-state index contributed by atoms with van der Waals surface area (Å²) in [7, 11) is 0. The van der Waals surface area contributed by atoms with Gasteiger partial charge in [-0.2, -0.15) is 5.10 Å². The molecule has 1 aromatic carbocycles. The number of carboxylic acid groups (broad SMARTS) is 1. The highest BCUT2D eigenvalue weighted by Crippen LogP contribution is 2.41. The highest BCUT2D eigenvalue weighted by Gasteiger charge is 2.37. The van der Waals surface area contributed by atoms with Gasteiger partial charge in [0, 0.05) is 6.07 Å². The van der Waals surface area contributed by atoms with Crippen molar-refractivity contribution in [3.05, 3.63) is 51.4 Å². The van der Waals surface area contributed by atoms with Crippen LogP contribution < -0.4 is 10.9 Å². The highest BCUT2D eigenvalue weighted by atomic mass is 35.5. The van der Waals surface area contributed by atoms with Gasteiger partial charge in [-0.05, 0) is 30.9 Å². The van der Waals surface area contributed by atoms with Crippen LogP contribution in [0.1, 0.15) is 24.7 Å². The standard InChI is InChI=1S/C16H13ClFN5O3/c17-8-3-4-9(18)13-11(8)15(24)23(10-5-6-19-22-10)14(20-13)12(7-1-2-7)21-16(25)26/h3-7,12,21H,1-2H2,(H,19,22)(H,25,26). The van der Waals surface area contributed by atoms with E-state index in [1.165, 1.54) is 22.9 Å². The summed E-state index contributed by atoms with van der Waals surface area (Å²) >= 11 is 6.10. The van der Waals surface area contributed by atoms with Gasteiger partial charge in [-0.3, -0.25) is 9.89 Å². The summed E-state index contributed by atoms with van der Waals surface area (Å²) in [5.74, 6) is -0.341. The van der Waals surface area contributed by atoms with Crippen molar-refractivity contribution in [3.8, 4) is 5.82 Å². The van der Waals surface area contributed by atoms with Gasteiger partial charge in [0.25, 0.3) is 5.56 Å². The number of benzene rings is 1. The number of aromatic nitrogens is 4. The summed E-state index contributed by atoms with van der Waals surface area (Å²) < 4.78 is 15.5. The Hall–Kier alpha value is -2.94. The topological polar surface area (TPSA) is 113 Å². The van der Waals surface area contributed by atoms with Crippen LogP contribution in [0.2, 0.25) is 5.02 Å². The summed E-state index contributed by atoms with van der Waals surface area (Å²) in [6.45, 7) is 0. The summed E-state index contributed by atoms with van der Waals surface area (Å²) in [5.41, 5.74) is -0.789. The molecule has 1 aliphatic carbocycles. The van der Waals surface area contributed by atoms with E-state index in [0.717, 1.165) is 18.9 Å². The molecule has 0 spiro atoms. The van der Waals surface area contributed by atoms with Gasteiger partial charge < -0.3 is 10.4 Å². The quantitative estimate of drug-likeness (QED) is 0.646. The first kappa shape index (κ1) is 16.5. The third-order valence-electron chi connectivity index (χ3n) is 4.33. The highest BCUT2D eigenvalue weighted by molar-refractivity contribution is 6.35. The lowest BCUT2D eigenvalue weighted by atomic mass is 10.1. The van der Waals surface area contributed by atoms with E-state index in [1.807, 2.05) is 0 Å². The minimum Gasteiger partial charge on any atom is -0.465 e. The van der Waals surface area contributed by atoms with Gasteiger partial charge in [0.05, 0.1) is 22.6 Å². The van der Waals surface area contributed by atoms with Gasteiger partial charge in [-0.15, -0.1) is 0 Å². The number of halogens is 2. The van der Waals surface area contributed by atoms with Gasteiger partial charge in [0.2, 0.25) is 0 Å². The lowest BCUT2D eigenvalue weighted by Crippen LogP contribution is -2.35. The van der Waals surface area contributed by atoms with Crippen molar-refractivity contribution in [3.63, 3.8) is 0 Å². The first-order valence-corrected chi connectivity index (χ1v) is 8.25. The molecule has 134 valence electrons. The maximum Gasteiger partial charge on any atom is 0.405 e. The molecule has 2 aromatic heterocycles. The Morgan fingerprint density at radius 3 is 2.81 bits per heavy atom. The summed E-state index contributed by atoms with van der Waals surface area (Å²) in [5, 5.41) is 18.0. The molecule has 1 aliphatic rings. The second-order valence-corrected chi connectivity index (χ2v) is 6.48. The number of nitrogens with one attached hydrogen (secondary N) is 2. The van der Waals surface area contributed by atoms with Crippen molar-refractivity contribution in [1.82, 2.24) is 25.1 Å². The molecule has 10 heteroatoms.